The number of hydrogen-bond donors (Lipinski definition) is 1. The number of aromatic nitrogens is 1. The molecule has 8 nitrogen and oxygen atoms in total. The van der Waals surface area contributed by atoms with Gasteiger partial charge in [0.1, 0.15) is 5.75 Å². The summed E-state index contributed by atoms with van der Waals surface area (Å²) in [4.78, 5) is 18.8. The van der Waals surface area contributed by atoms with Crippen molar-refractivity contribution in [2.45, 2.75) is 6.92 Å². The maximum Gasteiger partial charge on any atom is 0.312 e. The summed E-state index contributed by atoms with van der Waals surface area (Å²) in [6, 6.07) is 11.4. The second-order valence-electron chi connectivity index (χ2n) is 5.43. The van der Waals surface area contributed by atoms with Crippen LogP contribution in [0.15, 0.2) is 51.9 Å². The number of nitro groups is 1. The van der Waals surface area contributed by atoms with Crippen molar-refractivity contribution < 1.29 is 19.2 Å². The summed E-state index contributed by atoms with van der Waals surface area (Å²) in [6.07, 6.45) is 1.30. The summed E-state index contributed by atoms with van der Waals surface area (Å²) < 4.78 is 10.4. The van der Waals surface area contributed by atoms with Crippen molar-refractivity contribution in [3.8, 4) is 23.1 Å². The van der Waals surface area contributed by atoms with E-state index in [4.69, 9.17) is 9.15 Å². The van der Waals surface area contributed by atoms with Crippen molar-refractivity contribution in [2.24, 2.45) is 4.99 Å². The number of aliphatic imine (C=N–C) groups is 1. The zero-order valence-corrected chi connectivity index (χ0v) is 14.0. The Morgan fingerprint density at radius 1 is 1.31 bits per heavy atom. The fraction of sp³-hybridized carbons (Fsp3) is 0.111. The average Bonchev–Trinajstić information content (AvgIpc) is 3.01. The van der Waals surface area contributed by atoms with E-state index in [1.165, 1.54) is 18.3 Å². The Hall–Kier alpha value is -3.68. The van der Waals surface area contributed by atoms with Crippen LogP contribution in [0, 0.1) is 17.0 Å². The SMILES string of the molecule is COc1cccc(-c2nc(C=Nc3cc([N+](=O)[O-])ccc3C)c(O)o2)c1. The Bertz CT molecular complexity index is 994. The van der Waals surface area contributed by atoms with Crippen LogP contribution < -0.4 is 4.74 Å². The molecule has 0 aliphatic carbocycles. The topological polar surface area (TPSA) is 111 Å². The summed E-state index contributed by atoms with van der Waals surface area (Å²) in [5.74, 6) is 0.441. The Morgan fingerprint density at radius 2 is 2.12 bits per heavy atom. The molecule has 132 valence electrons. The number of aryl methyl sites for hydroxylation is 1. The predicted octanol–water partition coefficient (Wildman–Crippen LogP) is 4.02. The Balaban J connectivity index is 1.92. The molecule has 0 atom stereocenters. The lowest BCUT2D eigenvalue weighted by molar-refractivity contribution is -0.384. The molecule has 0 aliphatic heterocycles. The molecule has 1 heterocycles. The molecule has 1 aromatic heterocycles. The minimum Gasteiger partial charge on any atom is -0.497 e. The molecule has 0 saturated heterocycles. The minimum atomic E-state index is -0.493. The van der Waals surface area contributed by atoms with Gasteiger partial charge < -0.3 is 14.3 Å². The highest BCUT2D eigenvalue weighted by atomic mass is 16.6. The lowest BCUT2D eigenvalue weighted by atomic mass is 10.2. The van der Waals surface area contributed by atoms with Crippen LogP contribution in [0.4, 0.5) is 11.4 Å². The number of nitrogens with zero attached hydrogens (tertiary/aromatic N) is 3. The molecule has 0 fully saturated rings. The molecular formula is C18H15N3O5. The molecule has 2 aromatic carbocycles. The maximum atomic E-state index is 10.9. The highest BCUT2D eigenvalue weighted by molar-refractivity contribution is 5.83. The van der Waals surface area contributed by atoms with Crippen molar-refractivity contribution in [3.05, 3.63) is 63.8 Å². The summed E-state index contributed by atoms with van der Waals surface area (Å²) in [7, 11) is 1.55. The highest BCUT2D eigenvalue weighted by Crippen LogP contribution is 2.29. The predicted molar refractivity (Wildman–Crippen MR) is 95.2 cm³/mol. The van der Waals surface area contributed by atoms with Crippen LogP contribution in [0.25, 0.3) is 11.5 Å². The van der Waals surface area contributed by atoms with Crippen molar-refractivity contribution in [1.82, 2.24) is 4.98 Å². The third-order valence-corrected chi connectivity index (χ3v) is 3.68. The number of hydrogen-bond acceptors (Lipinski definition) is 7. The van der Waals surface area contributed by atoms with Crippen molar-refractivity contribution in [1.29, 1.82) is 0 Å². The summed E-state index contributed by atoms with van der Waals surface area (Å²) in [6.45, 7) is 1.78. The van der Waals surface area contributed by atoms with E-state index in [-0.39, 0.29) is 17.3 Å². The number of benzene rings is 2. The zero-order valence-electron chi connectivity index (χ0n) is 14.0. The van der Waals surface area contributed by atoms with Gasteiger partial charge in [0, 0.05) is 17.7 Å². The van der Waals surface area contributed by atoms with Crippen LogP contribution >= 0.6 is 0 Å². The molecule has 0 amide bonds. The quantitative estimate of drug-likeness (QED) is 0.421. The monoisotopic (exact) mass is 353 g/mol. The molecule has 0 saturated carbocycles. The van der Waals surface area contributed by atoms with Gasteiger partial charge >= 0.3 is 5.95 Å². The molecule has 26 heavy (non-hydrogen) atoms. The molecular weight excluding hydrogens is 338 g/mol. The van der Waals surface area contributed by atoms with Crippen LogP contribution in [0.1, 0.15) is 11.3 Å². The van der Waals surface area contributed by atoms with Crippen LogP contribution in [0.2, 0.25) is 0 Å². The van der Waals surface area contributed by atoms with Gasteiger partial charge in [-0.05, 0) is 30.7 Å². The Kier molecular flexibility index (Phi) is 4.66. The van der Waals surface area contributed by atoms with Gasteiger partial charge in [-0.1, -0.05) is 12.1 Å². The Morgan fingerprint density at radius 3 is 2.85 bits per heavy atom. The number of nitro benzene ring substituents is 1. The summed E-state index contributed by atoms with van der Waals surface area (Å²) in [5.41, 5.74) is 1.84. The van der Waals surface area contributed by atoms with Gasteiger partial charge in [0.25, 0.3) is 5.69 Å². The lowest BCUT2D eigenvalue weighted by Gasteiger charge is -2.00. The number of methoxy groups -OCH3 is 1. The number of aromatic hydroxyl groups is 1. The van der Waals surface area contributed by atoms with Gasteiger partial charge in [-0.2, -0.15) is 0 Å². The molecule has 3 aromatic rings. The second-order valence-corrected chi connectivity index (χ2v) is 5.43. The fourth-order valence-corrected chi connectivity index (χ4v) is 2.27. The molecule has 0 radical (unpaired) electrons. The third-order valence-electron chi connectivity index (χ3n) is 3.68. The first-order valence-corrected chi connectivity index (χ1v) is 7.61. The van der Waals surface area contributed by atoms with E-state index < -0.39 is 10.9 Å². The highest BCUT2D eigenvalue weighted by Gasteiger charge is 2.14. The smallest absolute Gasteiger partial charge is 0.312 e. The lowest BCUT2D eigenvalue weighted by Crippen LogP contribution is -1.88. The van der Waals surface area contributed by atoms with Crippen LogP contribution in [-0.2, 0) is 0 Å². The van der Waals surface area contributed by atoms with E-state index in [0.717, 1.165) is 5.56 Å². The van der Waals surface area contributed by atoms with Crippen molar-refractivity contribution in [3.63, 3.8) is 0 Å². The van der Waals surface area contributed by atoms with E-state index in [1.807, 2.05) is 0 Å². The van der Waals surface area contributed by atoms with E-state index in [1.54, 1.807) is 44.4 Å². The Labute approximate surface area is 148 Å². The van der Waals surface area contributed by atoms with Gasteiger partial charge in [0.15, 0.2) is 5.69 Å². The van der Waals surface area contributed by atoms with Crippen molar-refractivity contribution in [2.75, 3.05) is 7.11 Å². The molecule has 1 N–H and O–H groups in total. The zero-order chi connectivity index (χ0) is 18.7. The van der Waals surface area contributed by atoms with Gasteiger partial charge in [0.05, 0.1) is 23.9 Å². The van der Waals surface area contributed by atoms with E-state index in [9.17, 15) is 15.2 Å². The molecule has 3 rings (SSSR count). The average molecular weight is 353 g/mol. The fourth-order valence-electron chi connectivity index (χ4n) is 2.27. The first-order valence-electron chi connectivity index (χ1n) is 7.61. The van der Waals surface area contributed by atoms with Gasteiger partial charge in [0.2, 0.25) is 5.89 Å². The van der Waals surface area contributed by atoms with Crippen LogP contribution in [-0.4, -0.2) is 28.3 Å². The van der Waals surface area contributed by atoms with Crippen molar-refractivity contribution >= 4 is 17.6 Å². The molecule has 0 spiro atoms. The van der Waals surface area contributed by atoms with Gasteiger partial charge in [-0.15, -0.1) is 0 Å². The largest absolute Gasteiger partial charge is 0.497 e. The van der Waals surface area contributed by atoms with Crippen LogP contribution in [0.5, 0.6) is 11.7 Å². The maximum absolute atomic E-state index is 10.9. The minimum absolute atomic E-state index is 0.0656. The van der Waals surface area contributed by atoms with E-state index >= 15 is 0 Å². The third kappa shape index (κ3) is 3.54. The normalized spacial score (nSPS) is 11.0. The number of oxazole rings is 1. The molecule has 0 aliphatic rings. The molecule has 0 bridgehead atoms. The first kappa shape index (κ1) is 17.2. The van der Waals surface area contributed by atoms with Gasteiger partial charge in [-0.3, -0.25) is 15.1 Å². The molecule has 8 heteroatoms. The van der Waals surface area contributed by atoms with Crippen LogP contribution in [0.3, 0.4) is 0 Å². The standard InChI is InChI=1S/C18H15N3O5/c1-11-6-7-13(21(23)24)9-15(11)19-10-16-18(22)26-17(20-16)12-4-3-5-14(8-12)25-2/h3-10,22H,1-2H3. The first-order chi connectivity index (χ1) is 12.5. The van der Waals surface area contributed by atoms with Gasteiger partial charge in [-0.25, -0.2) is 4.98 Å². The summed E-state index contributed by atoms with van der Waals surface area (Å²) in [5, 5.41) is 20.8. The number of ether oxygens (including phenoxy) is 1. The number of rotatable bonds is 5. The second kappa shape index (κ2) is 7.06. The number of non-ortho nitro benzene ring substituents is 1. The summed E-state index contributed by atoms with van der Waals surface area (Å²) >= 11 is 0. The van der Waals surface area contributed by atoms with E-state index in [2.05, 4.69) is 9.98 Å². The van der Waals surface area contributed by atoms with E-state index in [0.29, 0.717) is 17.0 Å². The molecule has 0 unspecified atom stereocenters.